The predicted molar refractivity (Wildman–Crippen MR) is 86.6 cm³/mol. The molecule has 0 saturated carbocycles. The minimum Gasteiger partial charge on any atom is -0.389 e. The summed E-state index contributed by atoms with van der Waals surface area (Å²) in [5, 5.41) is 18.4. The Bertz CT molecular complexity index is 664. The summed E-state index contributed by atoms with van der Waals surface area (Å²) in [5.74, 6) is 0.640. The number of likely N-dealkylation sites (tertiary alicyclic amines) is 1. The highest BCUT2D eigenvalue weighted by Crippen LogP contribution is 2.30. The fourth-order valence-corrected chi connectivity index (χ4v) is 3.17. The van der Waals surface area contributed by atoms with Crippen LogP contribution in [0.4, 0.5) is 4.39 Å². The van der Waals surface area contributed by atoms with Gasteiger partial charge in [-0.3, -0.25) is 4.90 Å². The van der Waals surface area contributed by atoms with Gasteiger partial charge >= 0.3 is 0 Å². The molecular weight excluding hydrogens is 311 g/mol. The van der Waals surface area contributed by atoms with Gasteiger partial charge in [0.05, 0.1) is 25.4 Å². The molecule has 2 atom stereocenters. The number of rotatable bonds is 7. The van der Waals surface area contributed by atoms with E-state index in [2.05, 4.69) is 15.1 Å². The Kier molecular flexibility index (Phi) is 5.55. The predicted octanol–water partition coefficient (Wildman–Crippen LogP) is 1.67. The maximum atomic E-state index is 13.5. The molecule has 1 aliphatic rings. The monoisotopic (exact) mass is 334 g/mol. The van der Waals surface area contributed by atoms with Crippen LogP contribution in [0.2, 0.25) is 0 Å². The second-order valence-corrected chi connectivity index (χ2v) is 6.21. The Morgan fingerprint density at radius 1 is 1.42 bits per heavy atom. The zero-order chi connectivity index (χ0) is 16.9. The smallest absolute Gasteiger partial charge is 0.149 e. The van der Waals surface area contributed by atoms with E-state index in [0.29, 0.717) is 12.1 Å². The van der Waals surface area contributed by atoms with Crippen LogP contribution in [0.3, 0.4) is 0 Å². The summed E-state index contributed by atoms with van der Waals surface area (Å²) < 4.78 is 20.9. The van der Waals surface area contributed by atoms with Crippen LogP contribution in [0.5, 0.6) is 0 Å². The summed E-state index contributed by atoms with van der Waals surface area (Å²) >= 11 is 0. The van der Waals surface area contributed by atoms with E-state index in [4.69, 9.17) is 4.74 Å². The molecule has 0 spiro atoms. The molecule has 130 valence electrons. The first-order chi connectivity index (χ1) is 11.6. The number of aliphatic hydroxyl groups is 1. The van der Waals surface area contributed by atoms with Gasteiger partial charge in [-0.05, 0) is 25.5 Å². The second-order valence-electron chi connectivity index (χ2n) is 6.21. The first kappa shape index (κ1) is 17.0. The lowest BCUT2D eigenvalue weighted by Gasteiger charge is -2.26. The number of nitrogens with zero attached hydrogens (tertiary/aromatic N) is 4. The fraction of sp³-hybridized carbons (Fsp3) is 0.529. The fourth-order valence-electron chi connectivity index (χ4n) is 3.17. The van der Waals surface area contributed by atoms with Crippen LogP contribution in [-0.2, 0) is 18.4 Å². The van der Waals surface area contributed by atoms with Crippen molar-refractivity contribution < 1.29 is 14.2 Å². The molecular formula is C17H23FN4O2. The van der Waals surface area contributed by atoms with Crippen LogP contribution in [-0.4, -0.2) is 50.6 Å². The molecule has 0 radical (unpaired) electrons. The Balaban J connectivity index is 1.48. The third-order valence-corrected chi connectivity index (χ3v) is 4.38. The number of aliphatic hydroxyl groups excluding tert-OH is 1. The molecule has 0 bridgehead atoms. The van der Waals surface area contributed by atoms with E-state index in [0.717, 1.165) is 25.2 Å². The molecule has 1 aliphatic heterocycles. The summed E-state index contributed by atoms with van der Waals surface area (Å²) in [5.41, 5.74) is 0.503. The first-order valence-electron chi connectivity index (χ1n) is 8.22. The Morgan fingerprint density at radius 2 is 2.25 bits per heavy atom. The molecule has 2 aromatic rings. The van der Waals surface area contributed by atoms with Gasteiger partial charge in [-0.2, -0.15) is 0 Å². The zero-order valence-electron chi connectivity index (χ0n) is 13.8. The average molecular weight is 334 g/mol. The van der Waals surface area contributed by atoms with Crippen molar-refractivity contribution >= 4 is 0 Å². The van der Waals surface area contributed by atoms with E-state index in [-0.39, 0.29) is 25.1 Å². The van der Waals surface area contributed by atoms with Crippen molar-refractivity contribution in [3.63, 3.8) is 0 Å². The van der Waals surface area contributed by atoms with E-state index < -0.39 is 6.10 Å². The molecule has 0 amide bonds. The normalized spacial score (nSPS) is 19.7. The van der Waals surface area contributed by atoms with Crippen molar-refractivity contribution in [1.29, 1.82) is 0 Å². The third kappa shape index (κ3) is 3.98. The second kappa shape index (κ2) is 7.83. The van der Waals surface area contributed by atoms with Crippen LogP contribution in [0.15, 0.2) is 30.6 Å². The average Bonchev–Trinajstić information content (AvgIpc) is 3.17. The molecule has 3 rings (SSSR count). The summed E-state index contributed by atoms with van der Waals surface area (Å²) in [6.07, 6.45) is 3.15. The maximum Gasteiger partial charge on any atom is 0.149 e. The molecule has 1 aromatic carbocycles. The summed E-state index contributed by atoms with van der Waals surface area (Å²) in [6, 6.07) is 6.69. The van der Waals surface area contributed by atoms with E-state index in [1.165, 1.54) is 6.07 Å². The number of halogens is 1. The van der Waals surface area contributed by atoms with Gasteiger partial charge in [-0.15, -0.1) is 10.2 Å². The molecule has 2 heterocycles. The summed E-state index contributed by atoms with van der Waals surface area (Å²) in [7, 11) is 1.93. The largest absolute Gasteiger partial charge is 0.389 e. The minimum atomic E-state index is -0.620. The highest BCUT2D eigenvalue weighted by Gasteiger charge is 2.30. The molecule has 2 unspecified atom stereocenters. The van der Waals surface area contributed by atoms with Crippen LogP contribution in [0.25, 0.3) is 0 Å². The lowest BCUT2D eigenvalue weighted by atomic mass is 10.2. The van der Waals surface area contributed by atoms with Crippen LogP contribution in [0, 0.1) is 5.82 Å². The number of hydrogen-bond donors (Lipinski definition) is 1. The standard InChI is InChI=1S/C17H23FN4O2/c1-21-12-19-20-17(21)16-7-4-8-22(16)9-14(23)11-24-10-13-5-2-3-6-15(13)18/h2-3,5-6,12,14,16,23H,4,7-11H2,1H3. The molecule has 7 heteroatoms. The van der Waals surface area contributed by atoms with Crippen molar-refractivity contribution in [3.8, 4) is 0 Å². The van der Waals surface area contributed by atoms with E-state index in [1.807, 2.05) is 11.6 Å². The zero-order valence-corrected chi connectivity index (χ0v) is 13.8. The third-order valence-electron chi connectivity index (χ3n) is 4.38. The molecule has 1 saturated heterocycles. The van der Waals surface area contributed by atoms with Crippen LogP contribution >= 0.6 is 0 Å². The number of hydrogen-bond acceptors (Lipinski definition) is 5. The number of aryl methyl sites for hydroxylation is 1. The van der Waals surface area contributed by atoms with E-state index >= 15 is 0 Å². The molecule has 1 fully saturated rings. The van der Waals surface area contributed by atoms with E-state index in [9.17, 15) is 9.50 Å². The van der Waals surface area contributed by atoms with Crippen LogP contribution in [0.1, 0.15) is 30.3 Å². The topological polar surface area (TPSA) is 63.4 Å². The number of benzene rings is 1. The van der Waals surface area contributed by atoms with Crippen molar-refractivity contribution in [2.24, 2.45) is 7.05 Å². The van der Waals surface area contributed by atoms with Gasteiger partial charge in [0, 0.05) is 19.2 Å². The Hall–Kier alpha value is -1.83. The maximum absolute atomic E-state index is 13.5. The van der Waals surface area contributed by atoms with E-state index in [1.54, 1.807) is 24.5 Å². The Morgan fingerprint density at radius 3 is 3.00 bits per heavy atom. The molecule has 1 N–H and O–H groups in total. The quantitative estimate of drug-likeness (QED) is 0.834. The molecule has 24 heavy (non-hydrogen) atoms. The number of ether oxygens (including phenoxy) is 1. The van der Waals surface area contributed by atoms with Crippen molar-refractivity contribution in [3.05, 3.63) is 47.8 Å². The van der Waals surface area contributed by atoms with Gasteiger partial charge in [0.25, 0.3) is 0 Å². The minimum absolute atomic E-state index is 0.163. The summed E-state index contributed by atoms with van der Waals surface area (Å²) in [4.78, 5) is 2.21. The summed E-state index contributed by atoms with van der Waals surface area (Å²) in [6.45, 7) is 1.77. The molecule has 6 nitrogen and oxygen atoms in total. The van der Waals surface area contributed by atoms with Gasteiger partial charge in [-0.25, -0.2) is 4.39 Å². The molecule has 0 aliphatic carbocycles. The lowest BCUT2D eigenvalue weighted by molar-refractivity contribution is 0.00632. The van der Waals surface area contributed by atoms with Crippen molar-refractivity contribution in [1.82, 2.24) is 19.7 Å². The van der Waals surface area contributed by atoms with Gasteiger partial charge in [0.15, 0.2) is 0 Å². The van der Waals surface area contributed by atoms with Gasteiger partial charge in [0.1, 0.15) is 18.0 Å². The highest BCUT2D eigenvalue weighted by molar-refractivity contribution is 5.16. The Labute approximate surface area is 140 Å². The first-order valence-corrected chi connectivity index (χ1v) is 8.22. The van der Waals surface area contributed by atoms with Crippen molar-refractivity contribution in [2.75, 3.05) is 19.7 Å². The lowest BCUT2D eigenvalue weighted by Crippen LogP contribution is -2.35. The highest BCUT2D eigenvalue weighted by atomic mass is 19.1. The van der Waals surface area contributed by atoms with Gasteiger partial charge in [-0.1, -0.05) is 18.2 Å². The van der Waals surface area contributed by atoms with Gasteiger partial charge in [0.2, 0.25) is 0 Å². The van der Waals surface area contributed by atoms with Crippen LogP contribution < -0.4 is 0 Å². The molecule has 1 aromatic heterocycles. The SMILES string of the molecule is Cn1cnnc1C1CCCN1CC(O)COCc1ccccc1F. The number of β-amino-alcohol motifs (C(OH)–C–C–N with tert-alkyl or cyclic N) is 1. The number of aromatic nitrogens is 3. The van der Waals surface area contributed by atoms with Gasteiger partial charge < -0.3 is 14.4 Å². The van der Waals surface area contributed by atoms with Crippen molar-refractivity contribution in [2.45, 2.75) is 31.6 Å².